The Morgan fingerprint density at radius 2 is 1.07 bits per heavy atom. The fourth-order valence-corrected chi connectivity index (χ4v) is 17.8. The van der Waals surface area contributed by atoms with Crippen LogP contribution in [0.3, 0.4) is 0 Å². The van der Waals surface area contributed by atoms with Crippen molar-refractivity contribution < 1.29 is 57.1 Å². The van der Waals surface area contributed by atoms with Crippen molar-refractivity contribution in [2.45, 2.75) is 206 Å². The highest BCUT2D eigenvalue weighted by molar-refractivity contribution is 5.60. The third kappa shape index (κ3) is 9.23. The van der Waals surface area contributed by atoms with Gasteiger partial charge >= 0.3 is 23.6 Å². The lowest BCUT2D eigenvalue weighted by Crippen LogP contribution is -2.62. The summed E-state index contributed by atoms with van der Waals surface area (Å²) in [5.41, 5.74) is 0.0164. The van der Waals surface area contributed by atoms with Crippen molar-refractivity contribution in [3.05, 3.63) is 68.8 Å². The van der Waals surface area contributed by atoms with Crippen molar-refractivity contribution in [1.29, 1.82) is 0 Å². The fraction of sp³-hybridized carbons (Fsp3) is 0.789. The predicted octanol–water partition coefficient (Wildman–Crippen LogP) is 11.2. The lowest BCUT2D eigenvalue weighted by molar-refractivity contribution is -0.216. The van der Waals surface area contributed by atoms with E-state index in [1.807, 2.05) is 12.1 Å². The van der Waals surface area contributed by atoms with Crippen molar-refractivity contribution in [3.63, 3.8) is 0 Å². The second kappa shape index (κ2) is 20.2. The molecule has 2 N–H and O–H groups in total. The van der Waals surface area contributed by atoms with E-state index in [-0.39, 0.29) is 70.4 Å². The molecule has 2 aromatic rings. The normalized spacial score (nSPS) is 42.5. The molecule has 14 heteroatoms. The molecular weight excluding hydrogens is 909 g/mol. The Balaban J connectivity index is 0.000000176. The van der Waals surface area contributed by atoms with Gasteiger partial charge in [-0.3, -0.25) is 0 Å². The summed E-state index contributed by atoms with van der Waals surface area (Å²) >= 11 is 0. The van der Waals surface area contributed by atoms with E-state index < -0.39 is 29.8 Å². The molecule has 0 aromatic carbocycles. The quantitative estimate of drug-likeness (QED) is 0.169. The zero-order chi connectivity index (χ0) is 50.6. The van der Waals surface area contributed by atoms with Crippen LogP contribution in [0.25, 0.3) is 0 Å². The smallest absolute Gasteiger partial charge is 0.435 e. The van der Waals surface area contributed by atoms with E-state index in [4.69, 9.17) is 37.3 Å². The molecule has 0 saturated heterocycles. The van der Waals surface area contributed by atoms with Crippen LogP contribution in [-0.4, -0.2) is 72.2 Å². The summed E-state index contributed by atoms with van der Waals surface area (Å²) in [7, 11) is 0. The van der Waals surface area contributed by atoms with E-state index in [1.165, 1.54) is 12.1 Å². The van der Waals surface area contributed by atoms with Crippen molar-refractivity contribution in [1.82, 2.24) is 0 Å². The Bertz CT molecular complexity index is 2290. The summed E-state index contributed by atoms with van der Waals surface area (Å²) in [5, 5.41) is 24.7. The van der Waals surface area contributed by atoms with Crippen molar-refractivity contribution in [2.75, 3.05) is 20.0 Å². The van der Waals surface area contributed by atoms with Crippen LogP contribution in [-0.2, 0) is 28.4 Å². The number of hydrogen-bond acceptors (Lipinski definition) is 14. The molecule has 8 fully saturated rings. The van der Waals surface area contributed by atoms with Crippen LogP contribution < -0.4 is 11.3 Å². The van der Waals surface area contributed by atoms with Gasteiger partial charge in [-0.25, -0.2) is 19.2 Å². The molecule has 394 valence electrons. The highest BCUT2D eigenvalue weighted by Gasteiger charge is 2.69. The van der Waals surface area contributed by atoms with E-state index in [2.05, 4.69) is 27.7 Å². The van der Waals surface area contributed by atoms with Crippen LogP contribution >= 0.6 is 0 Å². The minimum Gasteiger partial charge on any atom is -0.435 e. The molecule has 17 atom stereocenters. The maximum atomic E-state index is 12.4. The van der Waals surface area contributed by atoms with Gasteiger partial charge in [-0.15, -0.1) is 0 Å². The van der Waals surface area contributed by atoms with E-state index >= 15 is 0 Å². The molecule has 71 heavy (non-hydrogen) atoms. The number of hydrogen-bond donors (Lipinski definition) is 2. The van der Waals surface area contributed by atoms with Crippen molar-refractivity contribution >= 4 is 12.3 Å². The van der Waals surface area contributed by atoms with E-state index in [0.717, 1.165) is 127 Å². The number of carbonyl (C=O) groups is 2. The van der Waals surface area contributed by atoms with E-state index in [0.29, 0.717) is 42.1 Å². The Morgan fingerprint density at radius 3 is 1.55 bits per heavy atom. The average Bonchev–Trinajstić information content (AvgIpc) is 3.78. The fourth-order valence-electron chi connectivity index (χ4n) is 17.8. The number of fused-ring (bicyclic) bond motifs is 10. The molecule has 0 radical (unpaired) electrons. The van der Waals surface area contributed by atoms with Gasteiger partial charge in [0.1, 0.15) is 0 Å². The van der Waals surface area contributed by atoms with Gasteiger partial charge in [-0.05, 0) is 218 Å². The number of aliphatic hydroxyl groups is 2. The van der Waals surface area contributed by atoms with Crippen molar-refractivity contribution in [3.8, 4) is 0 Å². The first-order valence-electron chi connectivity index (χ1n) is 27.3. The predicted molar refractivity (Wildman–Crippen MR) is 262 cm³/mol. The van der Waals surface area contributed by atoms with Gasteiger partial charge in [0.15, 0.2) is 6.79 Å². The van der Waals surface area contributed by atoms with E-state index in [1.54, 1.807) is 33.3 Å². The molecule has 0 amide bonds. The highest BCUT2D eigenvalue weighted by atomic mass is 16.8. The van der Waals surface area contributed by atoms with Gasteiger partial charge in [-0.1, -0.05) is 27.7 Å². The zero-order valence-electron chi connectivity index (χ0n) is 43.5. The zero-order valence-corrected chi connectivity index (χ0v) is 43.5. The third-order valence-corrected chi connectivity index (χ3v) is 21.5. The number of rotatable bonds is 10. The van der Waals surface area contributed by atoms with Crippen LogP contribution in [0.15, 0.2) is 55.2 Å². The Morgan fingerprint density at radius 1 is 0.592 bits per heavy atom. The molecule has 0 bridgehead atoms. The largest absolute Gasteiger partial charge is 0.510 e. The molecular formula is C57H82O14. The summed E-state index contributed by atoms with van der Waals surface area (Å²) in [5.74, 6) is 3.11. The van der Waals surface area contributed by atoms with Gasteiger partial charge in [0.25, 0.3) is 0 Å². The first kappa shape index (κ1) is 52.2. The van der Waals surface area contributed by atoms with Crippen LogP contribution in [0.4, 0.5) is 9.59 Å². The highest BCUT2D eigenvalue weighted by Crippen LogP contribution is 2.72. The Hall–Kier alpha value is -3.72. The van der Waals surface area contributed by atoms with Crippen LogP contribution in [0, 0.1) is 57.2 Å². The first-order valence-corrected chi connectivity index (χ1v) is 27.3. The summed E-state index contributed by atoms with van der Waals surface area (Å²) in [6, 6.07) is 6.80. The van der Waals surface area contributed by atoms with Gasteiger partial charge in [0.2, 0.25) is 6.29 Å². The molecule has 0 spiro atoms. The Labute approximate surface area is 419 Å². The standard InChI is InChI=1S/C29H42O7.C28H40O7/c1-5-33-26(31)36-18(2)35-21-10-13-27(3)20(16-21)7-8-24-23(27)11-14-28(4)22(12-15-29(24,28)32)19-6-9-25(30)34-17-19;1-4-32-25(30)35-17-34-20-9-12-26(2)19(15-20)6-7-23-22(26)10-13-27(3)21(11-14-28(23,27)31)18-5-8-24(29)33-16-18/h6,9,17-18,20-24,32H,5,7-8,10-16H2,1-4H3;5,8,16,19-23,31H,4,6-7,9-15,17H2,1-3H3/t18?,20-,21+,22-,23+,24-,27+,28-,29+;19-,20+,21-,22+,23-,26+,27-,28+/m11/s1. The summed E-state index contributed by atoms with van der Waals surface area (Å²) < 4.78 is 42.3. The minimum atomic E-state index is -0.694. The summed E-state index contributed by atoms with van der Waals surface area (Å²) in [6.07, 6.45) is 19.4. The van der Waals surface area contributed by atoms with Crippen LogP contribution in [0.2, 0.25) is 0 Å². The molecule has 8 aliphatic rings. The van der Waals surface area contributed by atoms with Gasteiger partial charge < -0.3 is 47.5 Å². The van der Waals surface area contributed by atoms with Gasteiger partial charge in [0.05, 0.1) is 49.2 Å². The van der Waals surface area contributed by atoms with Crippen LogP contribution in [0.5, 0.6) is 0 Å². The molecule has 10 rings (SSSR count). The van der Waals surface area contributed by atoms with E-state index in [9.17, 15) is 29.4 Å². The number of ether oxygens (including phenoxy) is 6. The molecule has 8 aliphatic carbocycles. The third-order valence-electron chi connectivity index (χ3n) is 21.5. The maximum Gasteiger partial charge on any atom is 0.510 e. The average molecular weight is 991 g/mol. The lowest BCUT2D eigenvalue weighted by atomic mass is 9.43. The topological polar surface area (TPSA) is 190 Å². The second-order valence-corrected chi connectivity index (χ2v) is 24.1. The monoisotopic (exact) mass is 991 g/mol. The first-order chi connectivity index (χ1) is 33.8. The van der Waals surface area contributed by atoms with Gasteiger partial charge in [-0.2, -0.15) is 0 Å². The SMILES string of the molecule is CCOC(=O)OC(C)O[C@H]1CC[C@@]2(C)[C@H](CC[C@@H]3[C@@H]2CC[C@]2(C)[C@@H](c4ccc(=O)oc4)CC[C@]32O)C1.CCOC(=O)OCO[C@H]1CC[C@@]2(C)[C@H](CC[C@@H]3[C@@H]2CC[C@]2(C)[C@@H](c4ccc(=O)oc4)CC[C@]32O)C1. The molecule has 14 nitrogen and oxygen atoms in total. The van der Waals surface area contributed by atoms with Gasteiger partial charge in [0, 0.05) is 23.0 Å². The molecule has 8 saturated carbocycles. The summed E-state index contributed by atoms with van der Waals surface area (Å²) in [4.78, 5) is 46.1. The lowest BCUT2D eigenvalue weighted by Gasteiger charge is -2.63. The number of carbonyl (C=O) groups excluding carboxylic acids is 2. The molecule has 2 heterocycles. The molecule has 1 unspecified atom stereocenters. The maximum absolute atomic E-state index is 12.4. The Kier molecular flexibility index (Phi) is 14.8. The molecule has 0 aliphatic heterocycles. The van der Waals surface area contributed by atoms with Crippen molar-refractivity contribution in [2.24, 2.45) is 57.2 Å². The second-order valence-electron chi connectivity index (χ2n) is 24.1. The molecule has 2 aromatic heterocycles. The minimum absolute atomic E-state index is 0.0574. The summed E-state index contributed by atoms with van der Waals surface area (Å²) in [6.45, 7) is 15.2. The van der Waals surface area contributed by atoms with Crippen LogP contribution in [0.1, 0.15) is 187 Å².